The molecule has 3 aromatic carbocycles. The topological polar surface area (TPSA) is 43.4 Å². The summed E-state index contributed by atoms with van der Waals surface area (Å²) >= 11 is 0. The predicted octanol–water partition coefficient (Wildman–Crippen LogP) is 8.23. The van der Waals surface area contributed by atoms with E-state index >= 15 is 0 Å². The summed E-state index contributed by atoms with van der Waals surface area (Å²) in [7, 11) is -6.27. The minimum atomic E-state index is -3.77. The van der Waals surface area contributed by atoms with Crippen LogP contribution in [0, 0.1) is 0 Å². The maximum atomic E-state index is 12.7. The molecule has 0 unspecified atom stereocenters. The van der Waals surface area contributed by atoms with E-state index in [0.29, 0.717) is 17.8 Å². The molecule has 178 valence electrons. The molecule has 5 heteroatoms. The molecule has 3 rings (SSSR count). The van der Waals surface area contributed by atoms with Gasteiger partial charge in [0.1, 0.15) is 0 Å². The number of benzene rings is 3. The average molecular weight is 485 g/mol. The van der Waals surface area contributed by atoms with Crippen LogP contribution in [0.5, 0.6) is 0 Å². The van der Waals surface area contributed by atoms with Crippen LogP contribution in [0.15, 0.2) is 87.5 Å². The van der Waals surface area contributed by atoms with Gasteiger partial charge in [0.15, 0.2) is 0 Å². The fraction of sp³-hybridized carbons (Fsp3) is 0.357. The summed E-state index contributed by atoms with van der Waals surface area (Å²) in [6.45, 7) is 12.9. The number of hydrogen-bond acceptors (Lipinski definition) is 3. The van der Waals surface area contributed by atoms with E-state index in [0.717, 1.165) is 20.9 Å². The lowest BCUT2D eigenvalue weighted by molar-refractivity contribution is 0.515. The fourth-order valence-corrected chi connectivity index (χ4v) is 8.65. The molecule has 0 fully saturated rings. The second-order valence-electron chi connectivity index (χ2n) is 9.50. The van der Waals surface area contributed by atoms with Gasteiger partial charge in [0, 0.05) is 14.7 Å². The van der Waals surface area contributed by atoms with Crippen LogP contribution < -0.4 is 0 Å². The van der Waals surface area contributed by atoms with Crippen LogP contribution in [0.3, 0.4) is 0 Å². The number of rotatable bonds is 8. The third-order valence-corrected chi connectivity index (χ3v) is 10.5. The van der Waals surface area contributed by atoms with E-state index in [9.17, 15) is 8.42 Å². The Morgan fingerprint density at radius 3 is 0.939 bits per heavy atom. The Labute approximate surface area is 201 Å². The SMILES string of the molecule is CC(C)c1ccc(S(OS(C)(=O)=O)(c2ccc(C(C)C)cc2)c2ccc(C(C)C)cc2)cc1. The van der Waals surface area contributed by atoms with Gasteiger partial charge in [-0.2, -0.15) is 8.42 Å². The van der Waals surface area contributed by atoms with Crippen LogP contribution in [0.25, 0.3) is 0 Å². The van der Waals surface area contributed by atoms with Gasteiger partial charge in [-0.05, 0) is 81.2 Å². The van der Waals surface area contributed by atoms with Crippen molar-refractivity contribution < 1.29 is 12.0 Å². The lowest BCUT2D eigenvalue weighted by Gasteiger charge is -2.39. The van der Waals surface area contributed by atoms with Gasteiger partial charge in [0.25, 0.3) is 10.1 Å². The first kappa shape index (κ1) is 25.5. The van der Waals surface area contributed by atoms with Crippen LogP contribution in [0.2, 0.25) is 0 Å². The molecule has 0 spiro atoms. The maximum Gasteiger partial charge on any atom is 0.274 e. The molecule has 0 bridgehead atoms. The molecule has 3 aromatic rings. The molecule has 0 atom stereocenters. The molecule has 0 aromatic heterocycles. The van der Waals surface area contributed by atoms with Crippen molar-refractivity contribution in [2.45, 2.75) is 74.0 Å². The first-order valence-electron chi connectivity index (χ1n) is 11.5. The number of hydrogen-bond donors (Lipinski definition) is 0. The summed E-state index contributed by atoms with van der Waals surface area (Å²) in [5.74, 6) is 1.15. The summed E-state index contributed by atoms with van der Waals surface area (Å²) in [4.78, 5) is 2.60. The zero-order chi connectivity index (χ0) is 24.4. The molecule has 33 heavy (non-hydrogen) atoms. The average Bonchev–Trinajstić information content (AvgIpc) is 2.77. The summed E-state index contributed by atoms with van der Waals surface area (Å²) in [6.07, 6.45) is 1.14. The van der Waals surface area contributed by atoms with Gasteiger partial charge in [-0.3, -0.25) is 0 Å². The van der Waals surface area contributed by atoms with E-state index < -0.39 is 20.4 Å². The summed E-state index contributed by atoms with van der Waals surface area (Å²) < 4.78 is 31.5. The minimum absolute atomic E-state index is 0.384. The van der Waals surface area contributed by atoms with Gasteiger partial charge in [0.2, 0.25) is 0 Å². The van der Waals surface area contributed by atoms with Gasteiger partial charge < -0.3 is 0 Å². The Kier molecular flexibility index (Phi) is 7.77. The van der Waals surface area contributed by atoms with Crippen molar-refractivity contribution in [1.29, 1.82) is 0 Å². The van der Waals surface area contributed by atoms with E-state index in [-0.39, 0.29) is 0 Å². The normalized spacial score (nSPS) is 13.2. The lowest BCUT2D eigenvalue weighted by Crippen LogP contribution is -2.13. The molecular formula is C28H36O3S2. The Balaban J connectivity index is 2.33. The third kappa shape index (κ3) is 5.71. The third-order valence-electron chi connectivity index (χ3n) is 5.86. The maximum absolute atomic E-state index is 12.7. The standard InChI is InChI=1S/C28H36O3S2/c1-20(2)23-8-14-26(15-9-23)33(31-32(7,29)30,27-16-10-24(11-17-27)21(3)4)28-18-12-25(13-19-28)22(5)6/h8-22H,1-7H3. The van der Waals surface area contributed by atoms with Gasteiger partial charge >= 0.3 is 0 Å². The minimum Gasteiger partial charge on any atom is -0.207 e. The molecule has 0 heterocycles. The molecule has 0 radical (unpaired) electrons. The van der Waals surface area contributed by atoms with Crippen molar-refractivity contribution in [3.05, 3.63) is 89.5 Å². The van der Waals surface area contributed by atoms with Crippen LogP contribution in [-0.4, -0.2) is 14.7 Å². The van der Waals surface area contributed by atoms with Gasteiger partial charge in [-0.1, -0.05) is 77.9 Å². The van der Waals surface area contributed by atoms with Crippen LogP contribution in [-0.2, 0) is 13.7 Å². The molecule has 0 saturated heterocycles. The monoisotopic (exact) mass is 484 g/mol. The van der Waals surface area contributed by atoms with Crippen LogP contribution >= 0.6 is 10.3 Å². The fourth-order valence-electron chi connectivity index (χ4n) is 3.84. The van der Waals surface area contributed by atoms with Crippen LogP contribution in [0.1, 0.15) is 76.0 Å². The van der Waals surface area contributed by atoms with E-state index in [4.69, 9.17) is 3.63 Å². The molecule has 0 saturated carbocycles. The van der Waals surface area contributed by atoms with E-state index in [1.54, 1.807) is 0 Å². The predicted molar refractivity (Wildman–Crippen MR) is 140 cm³/mol. The Hall–Kier alpha value is -2.08. The largest absolute Gasteiger partial charge is 0.274 e. The first-order valence-corrected chi connectivity index (χ1v) is 14.9. The lowest BCUT2D eigenvalue weighted by atomic mass is 10.0. The zero-order valence-corrected chi connectivity index (χ0v) is 22.3. The Morgan fingerprint density at radius 1 is 0.515 bits per heavy atom. The molecule has 0 aliphatic rings. The van der Waals surface area contributed by atoms with Crippen molar-refractivity contribution in [3.63, 3.8) is 0 Å². The van der Waals surface area contributed by atoms with Crippen molar-refractivity contribution in [2.75, 3.05) is 6.26 Å². The zero-order valence-electron chi connectivity index (χ0n) is 20.7. The summed E-state index contributed by atoms with van der Waals surface area (Å²) in [5.41, 5.74) is 3.62. The highest BCUT2D eigenvalue weighted by atomic mass is 32.3. The summed E-state index contributed by atoms with van der Waals surface area (Å²) in [5, 5.41) is 0. The molecule has 0 N–H and O–H groups in total. The van der Waals surface area contributed by atoms with Crippen molar-refractivity contribution in [1.82, 2.24) is 0 Å². The van der Waals surface area contributed by atoms with Crippen LogP contribution in [0.4, 0.5) is 0 Å². The molecule has 0 amide bonds. The summed E-state index contributed by atoms with van der Waals surface area (Å²) in [6, 6.07) is 24.7. The molecule has 0 aliphatic heterocycles. The Morgan fingerprint density at radius 2 is 0.758 bits per heavy atom. The highest BCUT2D eigenvalue weighted by Gasteiger charge is 2.36. The van der Waals surface area contributed by atoms with Gasteiger partial charge in [-0.15, -0.1) is 0 Å². The second-order valence-corrected chi connectivity index (χ2v) is 14.0. The van der Waals surface area contributed by atoms with Crippen molar-refractivity contribution in [2.24, 2.45) is 0 Å². The first-order chi connectivity index (χ1) is 15.4. The highest BCUT2D eigenvalue weighted by molar-refractivity contribution is 8.33. The molecular weight excluding hydrogens is 448 g/mol. The van der Waals surface area contributed by atoms with E-state index in [1.165, 1.54) is 16.7 Å². The van der Waals surface area contributed by atoms with Gasteiger partial charge in [-0.25, -0.2) is 3.63 Å². The van der Waals surface area contributed by atoms with Crippen molar-refractivity contribution in [3.8, 4) is 0 Å². The highest BCUT2D eigenvalue weighted by Crippen LogP contribution is 2.70. The van der Waals surface area contributed by atoms with E-state index in [2.05, 4.69) is 77.9 Å². The second kappa shape index (κ2) is 10.0. The van der Waals surface area contributed by atoms with E-state index in [1.807, 2.05) is 36.4 Å². The van der Waals surface area contributed by atoms with Crippen molar-refractivity contribution >= 4 is 20.4 Å². The Bertz CT molecular complexity index is 1030. The quantitative estimate of drug-likeness (QED) is 0.323. The molecule has 3 nitrogen and oxygen atoms in total. The smallest absolute Gasteiger partial charge is 0.207 e. The van der Waals surface area contributed by atoms with Gasteiger partial charge in [0.05, 0.1) is 6.26 Å². The molecule has 0 aliphatic carbocycles.